The number of rotatable bonds is 3. The van der Waals surface area contributed by atoms with E-state index in [1.807, 2.05) is 59.8 Å². The minimum atomic E-state index is -5.07. The first-order valence-electron chi connectivity index (χ1n) is 5.87. The first-order valence-corrected chi connectivity index (χ1v) is 8.41. The van der Waals surface area contributed by atoms with Crippen LogP contribution in [0.15, 0.2) is 36.4 Å². The molecule has 0 radical (unpaired) electrons. The highest BCUT2D eigenvalue weighted by Crippen LogP contribution is 2.48. The second-order valence-corrected chi connectivity index (χ2v) is 6.59. The van der Waals surface area contributed by atoms with Gasteiger partial charge in [-0.25, -0.2) is 4.57 Å². The first kappa shape index (κ1) is 15.5. The van der Waals surface area contributed by atoms with Gasteiger partial charge in [0.1, 0.15) is 5.75 Å². The van der Waals surface area contributed by atoms with E-state index in [9.17, 15) is 8.76 Å². The molecule has 6 heteroatoms. The molecule has 106 valence electrons. The van der Waals surface area contributed by atoms with Crippen LogP contribution in [0.2, 0.25) is 0 Å². The zero-order chi connectivity index (χ0) is 14.9. The molecule has 0 amide bonds. The Hall–Kier alpha value is -0.910. The van der Waals surface area contributed by atoms with Gasteiger partial charge in [-0.3, -0.25) is 4.89 Å². The van der Waals surface area contributed by atoms with E-state index in [-0.39, 0.29) is 5.75 Å². The summed E-state index contributed by atoms with van der Waals surface area (Å²) >= 11 is 2.00. The average molecular weight is 406 g/mol. The van der Waals surface area contributed by atoms with E-state index >= 15 is 0 Å². The van der Waals surface area contributed by atoms with Gasteiger partial charge in [-0.1, -0.05) is 36.4 Å². The van der Waals surface area contributed by atoms with Gasteiger partial charge in [0.05, 0.1) is 3.57 Å². The normalized spacial score (nSPS) is 13.8. The third-order valence-electron chi connectivity index (χ3n) is 2.93. The molecule has 0 aliphatic carbocycles. The number of hydrogen-bond acceptors (Lipinski definition) is 2. The molecular weight excluding hydrogens is 393 g/mol. The molecule has 0 saturated heterocycles. The van der Waals surface area contributed by atoms with Crippen molar-refractivity contribution in [1.82, 2.24) is 0 Å². The average Bonchev–Trinajstić information content (AvgIpc) is 2.35. The molecule has 0 bridgehead atoms. The van der Waals surface area contributed by atoms with E-state index in [2.05, 4.69) is 4.52 Å². The third-order valence-corrected chi connectivity index (χ3v) is 4.41. The molecule has 1 atom stereocenters. The van der Waals surface area contributed by atoms with Crippen LogP contribution in [0.25, 0.3) is 11.1 Å². The van der Waals surface area contributed by atoms with Crippen LogP contribution in [-0.4, -0.2) is 4.89 Å². The van der Waals surface area contributed by atoms with Crippen LogP contribution in [0.4, 0.5) is 4.20 Å². The topological polar surface area (TPSA) is 46.5 Å². The fraction of sp³-hybridized carbons (Fsp3) is 0.143. The molecule has 2 aromatic rings. The number of aryl methyl sites for hydroxylation is 2. The lowest BCUT2D eigenvalue weighted by molar-refractivity contribution is 0.328. The molecule has 1 unspecified atom stereocenters. The summed E-state index contributed by atoms with van der Waals surface area (Å²) in [5, 5.41) is 0. The molecule has 2 rings (SSSR count). The Morgan fingerprint density at radius 3 is 2.35 bits per heavy atom. The monoisotopic (exact) mass is 406 g/mol. The van der Waals surface area contributed by atoms with Crippen molar-refractivity contribution in [2.75, 3.05) is 0 Å². The molecule has 0 fully saturated rings. The van der Waals surface area contributed by atoms with Crippen LogP contribution < -0.4 is 4.52 Å². The van der Waals surface area contributed by atoms with E-state index in [1.165, 1.54) is 0 Å². The Kier molecular flexibility index (Phi) is 4.52. The van der Waals surface area contributed by atoms with Crippen LogP contribution in [0.5, 0.6) is 5.75 Å². The Morgan fingerprint density at radius 1 is 1.10 bits per heavy atom. The summed E-state index contributed by atoms with van der Waals surface area (Å²) in [7, 11) is -5.07. The van der Waals surface area contributed by atoms with Crippen LogP contribution >= 0.6 is 30.5 Å². The minimum Gasteiger partial charge on any atom is -0.400 e. The quantitative estimate of drug-likeness (QED) is 0.575. The maximum Gasteiger partial charge on any atom is 0.567 e. The number of halogens is 2. The summed E-state index contributed by atoms with van der Waals surface area (Å²) in [6.07, 6.45) is 0. The summed E-state index contributed by atoms with van der Waals surface area (Å²) in [6, 6.07) is 11.4. The van der Waals surface area contributed by atoms with E-state index in [0.29, 0.717) is 9.13 Å². The van der Waals surface area contributed by atoms with Crippen molar-refractivity contribution in [3.8, 4) is 16.9 Å². The van der Waals surface area contributed by atoms with Crippen LogP contribution in [-0.2, 0) is 4.57 Å². The Morgan fingerprint density at radius 2 is 1.75 bits per heavy atom. The summed E-state index contributed by atoms with van der Waals surface area (Å²) < 4.78 is 29.0. The Bertz CT molecular complexity index is 697. The molecule has 20 heavy (non-hydrogen) atoms. The molecular formula is C14H13FIO3P. The van der Waals surface area contributed by atoms with Crippen molar-refractivity contribution >= 4 is 30.5 Å². The van der Waals surface area contributed by atoms with Crippen molar-refractivity contribution < 1.29 is 18.2 Å². The number of benzene rings is 2. The zero-order valence-corrected chi connectivity index (χ0v) is 14.0. The molecule has 1 N–H and O–H groups in total. The van der Waals surface area contributed by atoms with Gasteiger partial charge in [0, 0.05) is 0 Å². The van der Waals surface area contributed by atoms with Crippen molar-refractivity contribution in [2.45, 2.75) is 13.8 Å². The predicted molar refractivity (Wildman–Crippen MR) is 85.6 cm³/mol. The molecule has 0 spiro atoms. The summed E-state index contributed by atoms with van der Waals surface area (Å²) in [4.78, 5) is 8.80. The fourth-order valence-corrected chi connectivity index (χ4v) is 3.60. The van der Waals surface area contributed by atoms with Crippen LogP contribution in [0.3, 0.4) is 0 Å². The summed E-state index contributed by atoms with van der Waals surface area (Å²) in [6.45, 7) is 3.67. The molecule has 3 nitrogen and oxygen atoms in total. The van der Waals surface area contributed by atoms with Crippen molar-refractivity contribution in [3.05, 3.63) is 51.1 Å². The highest BCUT2D eigenvalue weighted by atomic mass is 127. The van der Waals surface area contributed by atoms with Gasteiger partial charge < -0.3 is 4.52 Å². The first-order chi connectivity index (χ1) is 9.29. The van der Waals surface area contributed by atoms with Gasteiger partial charge in [-0.15, -0.1) is 4.20 Å². The molecule has 2 aromatic carbocycles. The van der Waals surface area contributed by atoms with Gasteiger partial charge in [-0.2, -0.15) is 0 Å². The predicted octanol–water partition coefficient (Wildman–Crippen LogP) is 5.02. The van der Waals surface area contributed by atoms with E-state index in [0.717, 1.165) is 16.7 Å². The van der Waals surface area contributed by atoms with E-state index < -0.39 is 7.91 Å². The molecule has 0 saturated carbocycles. The second kappa shape index (κ2) is 5.84. The second-order valence-electron chi connectivity index (χ2n) is 4.43. The highest BCUT2D eigenvalue weighted by molar-refractivity contribution is 14.1. The van der Waals surface area contributed by atoms with Crippen LogP contribution in [0.1, 0.15) is 11.1 Å². The summed E-state index contributed by atoms with van der Waals surface area (Å²) in [5.74, 6) is 0.111. The van der Waals surface area contributed by atoms with E-state index in [4.69, 9.17) is 4.89 Å². The minimum absolute atomic E-state index is 0.111. The van der Waals surface area contributed by atoms with Gasteiger partial charge >= 0.3 is 7.91 Å². The molecule has 0 aliphatic rings. The third kappa shape index (κ3) is 3.40. The van der Waals surface area contributed by atoms with Crippen LogP contribution in [0, 0.1) is 17.4 Å². The van der Waals surface area contributed by atoms with E-state index in [1.54, 1.807) is 13.0 Å². The standard InChI is InChI=1S/C14H13FIO3P/c1-9-5-3-4-6-11(9)12-8-7-10(2)14(13(12)16)19-20(15,17)18/h3-8H,1-2H3,(H,17,18). The fourth-order valence-electron chi connectivity index (χ4n) is 1.96. The Balaban J connectivity index is 2.61. The molecule has 0 heterocycles. The highest BCUT2D eigenvalue weighted by Gasteiger charge is 2.23. The van der Waals surface area contributed by atoms with Gasteiger partial charge in [0.2, 0.25) is 0 Å². The lowest BCUT2D eigenvalue weighted by Crippen LogP contribution is -1.96. The molecule has 0 aliphatic heterocycles. The number of hydrogen-bond donors (Lipinski definition) is 1. The maximum atomic E-state index is 12.9. The Labute approximate surface area is 130 Å². The van der Waals surface area contributed by atoms with Gasteiger partial charge in [0.15, 0.2) is 0 Å². The lowest BCUT2D eigenvalue weighted by Gasteiger charge is -2.15. The smallest absolute Gasteiger partial charge is 0.400 e. The van der Waals surface area contributed by atoms with Crippen molar-refractivity contribution in [2.24, 2.45) is 0 Å². The SMILES string of the molecule is Cc1ccccc1-c1ccc(C)c(OP(=O)(O)F)c1I. The molecule has 0 aromatic heterocycles. The summed E-state index contributed by atoms with van der Waals surface area (Å²) in [5.41, 5.74) is 3.50. The van der Waals surface area contributed by atoms with Crippen molar-refractivity contribution in [1.29, 1.82) is 0 Å². The lowest BCUT2D eigenvalue weighted by atomic mass is 9.99. The largest absolute Gasteiger partial charge is 0.567 e. The maximum absolute atomic E-state index is 12.9. The van der Waals surface area contributed by atoms with Gasteiger partial charge in [-0.05, 0) is 58.7 Å². The van der Waals surface area contributed by atoms with Gasteiger partial charge in [0.25, 0.3) is 0 Å². The van der Waals surface area contributed by atoms with Crippen molar-refractivity contribution in [3.63, 3.8) is 0 Å². The zero-order valence-electron chi connectivity index (χ0n) is 10.9.